The predicted octanol–water partition coefficient (Wildman–Crippen LogP) is 3.82. The van der Waals surface area contributed by atoms with Crippen LogP contribution in [0, 0.1) is 0 Å². The Morgan fingerprint density at radius 2 is 2.03 bits per heavy atom. The zero-order valence-electron chi connectivity index (χ0n) is 15.9. The number of hydrogen-bond acceptors (Lipinski definition) is 4. The van der Waals surface area contributed by atoms with Crippen LogP contribution in [-0.4, -0.2) is 34.8 Å². The number of thiophene rings is 1. The van der Waals surface area contributed by atoms with Crippen molar-refractivity contribution in [1.29, 1.82) is 0 Å². The molecule has 3 aromatic heterocycles. The highest BCUT2D eigenvalue weighted by Gasteiger charge is 2.26. The number of likely N-dealkylation sites (N-methyl/N-ethyl adjacent to an activating group) is 1. The van der Waals surface area contributed by atoms with Gasteiger partial charge in [-0.3, -0.25) is 9.59 Å². The van der Waals surface area contributed by atoms with Gasteiger partial charge in [-0.25, -0.2) is 0 Å². The third kappa shape index (κ3) is 4.25. The van der Waals surface area contributed by atoms with Gasteiger partial charge in [0, 0.05) is 30.6 Å². The molecule has 29 heavy (non-hydrogen) atoms. The summed E-state index contributed by atoms with van der Waals surface area (Å²) in [6, 6.07) is 14.4. The number of nitrogens with zero attached hydrogens (tertiary/aromatic N) is 1. The van der Waals surface area contributed by atoms with Crippen LogP contribution < -0.4 is 5.32 Å². The van der Waals surface area contributed by atoms with Crippen LogP contribution in [0.25, 0.3) is 10.9 Å². The van der Waals surface area contributed by atoms with Crippen molar-refractivity contribution in [3.05, 3.63) is 82.6 Å². The molecule has 4 aromatic rings. The molecular weight excluding hydrogens is 386 g/mol. The van der Waals surface area contributed by atoms with E-state index in [2.05, 4.69) is 10.3 Å². The fourth-order valence-electron chi connectivity index (χ4n) is 3.34. The zero-order chi connectivity index (χ0) is 20.2. The minimum absolute atomic E-state index is 0.170. The number of furan rings is 1. The molecule has 148 valence electrons. The first-order valence-electron chi connectivity index (χ1n) is 9.28. The van der Waals surface area contributed by atoms with E-state index in [9.17, 15) is 9.59 Å². The second-order valence-electron chi connectivity index (χ2n) is 6.84. The summed E-state index contributed by atoms with van der Waals surface area (Å²) >= 11 is 1.35. The van der Waals surface area contributed by atoms with Crippen molar-refractivity contribution in [2.75, 3.05) is 7.05 Å². The summed E-state index contributed by atoms with van der Waals surface area (Å²) in [6.45, 7) is 0.338. The fraction of sp³-hybridized carbons (Fsp3) is 0.182. The van der Waals surface area contributed by atoms with Crippen molar-refractivity contribution in [3.63, 3.8) is 0 Å². The summed E-state index contributed by atoms with van der Waals surface area (Å²) in [5.74, 6) is 0.275. The van der Waals surface area contributed by atoms with E-state index in [1.54, 1.807) is 30.3 Å². The third-order valence-corrected chi connectivity index (χ3v) is 5.67. The summed E-state index contributed by atoms with van der Waals surface area (Å²) < 4.78 is 5.35. The van der Waals surface area contributed by atoms with Crippen molar-refractivity contribution >= 4 is 34.1 Å². The van der Waals surface area contributed by atoms with E-state index >= 15 is 0 Å². The van der Waals surface area contributed by atoms with Crippen LogP contribution in [0.15, 0.2) is 70.8 Å². The number of rotatable bonds is 7. The molecule has 3 heterocycles. The second-order valence-corrected chi connectivity index (χ2v) is 7.79. The first kappa shape index (κ1) is 19.0. The van der Waals surface area contributed by atoms with Gasteiger partial charge in [-0.1, -0.05) is 24.3 Å². The van der Waals surface area contributed by atoms with Gasteiger partial charge in [0.1, 0.15) is 11.8 Å². The third-order valence-electron chi connectivity index (χ3n) is 4.80. The van der Waals surface area contributed by atoms with Crippen LogP contribution in [0.5, 0.6) is 0 Å². The average Bonchev–Trinajstić information content (AvgIpc) is 3.49. The maximum atomic E-state index is 13.2. The Kier molecular flexibility index (Phi) is 5.48. The Morgan fingerprint density at radius 3 is 2.79 bits per heavy atom. The number of benzene rings is 1. The van der Waals surface area contributed by atoms with Crippen LogP contribution in [0.1, 0.15) is 21.0 Å². The van der Waals surface area contributed by atoms with E-state index in [0.29, 0.717) is 23.6 Å². The Bertz CT molecular complexity index is 1100. The number of H-pyrrole nitrogens is 1. The molecule has 4 rings (SSSR count). The summed E-state index contributed by atoms with van der Waals surface area (Å²) in [5, 5.41) is 5.81. The number of fused-ring (bicyclic) bond motifs is 1. The van der Waals surface area contributed by atoms with Crippen molar-refractivity contribution < 1.29 is 14.0 Å². The van der Waals surface area contributed by atoms with Crippen LogP contribution in [0.2, 0.25) is 0 Å². The van der Waals surface area contributed by atoms with Crippen molar-refractivity contribution in [1.82, 2.24) is 15.2 Å². The van der Waals surface area contributed by atoms with Gasteiger partial charge in [0.2, 0.25) is 5.91 Å². The van der Waals surface area contributed by atoms with Gasteiger partial charge in [0.25, 0.3) is 5.91 Å². The van der Waals surface area contributed by atoms with Gasteiger partial charge in [-0.2, -0.15) is 0 Å². The molecule has 0 aliphatic heterocycles. The number of para-hydroxylation sites is 1. The predicted molar refractivity (Wildman–Crippen MR) is 113 cm³/mol. The number of aromatic nitrogens is 1. The molecule has 1 atom stereocenters. The van der Waals surface area contributed by atoms with E-state index in [1.807, 2.05) is 48.0 Å². The molecule has 6 nitrogen and oxygen atoms in total. The number of carbonyl (C=O) groups excluding carboxylic acids is 2. The van der Waals surface area contributed by atoms with Gasteiger partial charge in [-0.15, -0.1) is 11.3 Å². The van der Waals surface area contributed by atoms with Gasteiger partial charge in [0.15, 0.2) is 0 Å². The largest absolute Gasteiger partial charge is 0.467 e. The highest BCUT2D eigenvalue weighted by atomic mass is 32.1. The van der Waals surface area contributed by atoms with E-state index in [1.165, 1.54) is 11.3 Å². The Morgan fingerprint density at radius 1 is 1.17 bits per heavy atom. The lowest BCUT2D eigenvalue weighted by molar-refractivity contribution is -0.132. The molecule has 0 spiro atoms. The maximum absolute atomic E-state index is 13.2. The molecule has 0 unspecified atom stereocenters. The highest BCUT2D eigenvalue weighted by molar-refractivity contribution is 7.12. The Hall–Kier alpha value is -3.32. The highest BCUT2D eigenvalue weighted by Crippen LogP contribution is 2.20. The minimum Gasteiger partial charge on any atom is -0.467 e. The molecule has 7 heteroatoms. The number of carbonyl (C=O) groups is 2. The first-order chi connectivity index (χ1) is 14.1. The van der Waals surface area contributed by atoms with Gasteiger partial charge in [0.05, 0.1) is 17.7 Å². The number of amides is 2. The lowest BCUT2D eigenvalue weighted by Gasteiger charge is -2.24. The van der Waals surface area contributed by atoms with Crippen LogP contribution in [0.3, 0.4) is 0 Å². The van der Waals surface area contributed by atoms with E-state index in [-0.39, 0.29) is 11.8 Å². The van der Waals surface area contributed by atoms with Gasteiger partial charge >= 0.3 is 0 Å². The lowest BCUT2D eigenvalue weighted by Crippen LogP contribution is -2.48. The van der Waals surface area contributed by atoms with Crippen LogP contribution in [0.4, 0.5) is 0 Å². The quantitative estimate of drug-likeness (QED) is 0.489. The topological polar surface area (TPSA) is 78.3 Å². The number of hydrogen-bond donors (Lipinski definition) is 2. The fourth-order valence-corrected chi connectivity index (χ4v) is 3.96. The molecule has 0 saturated heterocycles. The average molecular weight is 407 g/mol. The Labute approximate surface area is 172 Å². The van der Waals surface area contributed by atoms with Gasteiger partial charge < -0.3 is 19.6 Å². The molecule has 0 bridgehead atoms. The van der Waals surface area contributed by atoms with E-state index in [0.717, 1.165) is 16.5 Å². The van der Waals surface area contributed by atoms with Crippen molar-refractivity contribution in [3.8, 4) is 0 Å². The number of aromatic amines is 1. The summed E-state index contributed by atoms with van der Waals surface area (Å²) in [5.41, 5.74) is 1.99. The Balaban J connectivity index is 1.57. The summed E-state index contributed by atoms with van der Waals surface area (Å²) in [4.78, 5) is 31.2. The lowest BCUT2D eigenvalue weighted by atomic mass is 10.0. The maximum Gasteiger partial charge on any atom is 0.262 e. The molecule has 1 aromatic carbocycles. The van der Waals surface area contributed by atoms with Crippen molar-refractivity contribution in [2.45, 2.75) is 19.0 Å². The second kappa shape index (κ2) is 8.36. The summed E-state index contributed by atoms with van der Waals surface area (Å²) in [6.07, 6.45) is 3.87. The molecule has 0 aliphatic carbocycles. The molecule has 0 saturated carbocycles. The molecule has 2 amide bonds. The first-order valence-corrected chi connectivity index (χ1v) is 10.2. The van der Waals surface area contributed by atoms with Crippen LogP contribution >= 0.6 is 11.3 Å². The van der Waals surface area contributed by atoms with Crippen LogP contribution in [-0.2, 0) is 17.8 Å². The standard InChI is InChI=1S/C22H21N3O3S/c1-25(14-16-6-4-10-28-16)22(27)19(24-21(26)20-9-5-11-29-20)12-15-13-23-18-8-3-2-7-17(15)18/h2-11,13,19,23H,12,14H2,1H3,(H,24,26)/t19-/m0/s1. The molecule has 0 radical (unpaired) electrons. The zero-order valence-corrected chi connectivity index (χ0v) is 16.7. The number of nitrogens with one attached hydrogen (secondary N) is 2. The summed E-state index contributed by atoms with van der Waals surface area (Å²) in [7, 11) is 1.71. The van der Waals surface area contributed by atoms with Gasteiger partial charge in [-0.05, 0) is 35.2 Å². The van der Waals surface area contributed by atoms with E-state index < -0.39 is 6.04 Å². The molecule has 0 fully saturated rings. The molecule has 2 N–H and O–H groups in total. The normalized spacial score (nSPS) is 12.0. The molecule has 0 aliphatic rings. The monoisotopic (exact) mass is 407 g/mol. The smallest absolute Gasteiger partial charge is 0.262 e. The molecular formula is C22H21N3O3S. The minimum atomic E-state index is -0.691. The van der Waals surface area contributed by atoms with E-state index in [4.69, 9.17) is 4.42 Å². The van der Waals surface area contributed by atoms with Crippen molar-refractivity contribution in [2.24, 2.45) is 0 Å². The SMILES string of the molecule is CN(Cc1ccco1)C(=O)[C@H](Cc1c[nH]c2ccccc12)NC(=O)c1cccs1.